The van der Waals surface area contributed by atoms with Crippen molar-refractivity contribution in [2.24, 2.45) is 0 Å². The summed E-state index contributed by atoms with van der Waals surface area (Å²) in [6.45, 7) is 21.6. The highest BCUT2D eigenvalue weighted by molar-refractivity contribution is 5.98. The Morgan fingerprint density at radius 2 is 0.818 bits per heavy atom. The van der Waals surface area contributed by atoms with E-state index in [0.29, 0.717) is 0 Å². The Kier molecular flexibility index (Phi) is 12.0. The molecule has 2 nitrogen and oxygen atoms in total. The van der Waals surface area contributed by atoms with Gasteiger partial charge in [-0.2, -0.15) is 0 Å². The van der Waals surface area contributed by atoms with E-state index >= 15 is 0 Å². The fraction of sp³-hybridized carbons (Fsp3) is 0.188. The molecule has 0 saturated heterocycles. The number of hydrogen-bond donors (Lipinski definition) is 0. The third-order valence-corrected chi connectivity index (χ3v) is 14.3. The van der Waals surface area contributed by atoms with Crippen LogP contribution < -0.4 is 0 Å². The molecular weight excluding hydrogens is 797 g/mol. The van der Waals surface area contributed by atoms with Crippen LogP contribution in [0.1, 0.15) is 94.5 Å². The molecule has 2 aliphatic carbocycles. The molecule has 0 fully saturated rings. The summed E-state index contributed by atoms with van der Waals surface area (Å²) in [5.74, 6) is 0.757. The number of aryl methyl sites for hydroxylation is 1. The van der Waals surface area contributed by atoms with Crippen LogP contribution in [-0.4, -0.2) is 9.97 Å². The van der Waals surface area contributed by atoms with Crippen molar-refractivity contribution >= 4 is 0 Å². The van der Waals surface area contributed by atoms with Crippen molar-refractivity contribution in [3.63, 3.8) is 0 Å². The molecule has 1 spiro atoms. The predicted octanol–water partition coefficient (Wildman–Crippen LogP) is 17.0. The smallest absolute Gasteiger partial charge is 0.160 e. The molecule has 0 bridgehead atoms. The van der Waals surface area contributed by atoms with Crippen LogP contribution in [0, 0.1) is 41.5 Å². The highest BCUT2D eigenvalue weighted by atomic mass is 14.9. The molecule has 1 aromatic heterocycles. The van der Waals surface area contributed by atoms with Gasteiger partial charge in [-0.25, -0.2) is 9.97 Å². The van der Waals surface area contributed by atoms with E-state index in [1.807, 2.05) is 27.7 Å². The lowest BCUT2D eigenvalue weighted by atomic mass is 9.61. The van der Waals surface area contributed by atoms with Gasteiger partial charge in [-0.1, -0.05) is 191 Å². The average molecular weight is 857 g/mol. The van der Waals surface area contributed by atoms with E-state index in [-0.39, 0.29) is 0 Å². The summed E-state index contributed by atoms with van der Waals surface area (Å²) >= 11 is 0. The first kappa shape index (κ1) is 44.1. The van der Waals surface area contributed by atoms with E-state index in [0.717, 1.165) is 40.3 Å². The molecule has 8 aromatic carbocycles. The third kappa shape index (κ3) is 6.85. The minimum atomic E-state index is -0.407. The minimum absolute atomic E-state index is 0.407. The summed E-state index contributed by atoms with van der Waals surface area (Å²) in [7, 11) is 0. The Bertz CT molecular complexity index is 3200. The lowest BCUT2D eigenvalue weighted by Crippen LogP contribution is -2.34. The minimum Gasteiger partial charge on any atom is -0.228 e. The SMILES string of the molecule is CC.CC.Cc1ccccc1-c1cccc(-c2cc(-c3ccccc3)nc(-c3c(C)c(C)c(-c4cccc5c4-c4ccccc4C54c5ccccc5Cc5ccccc54)c(C)c3C)n2)c1C. The molecule has 0 N–H and O–H groups in total. The van der Waals surface area contributed by atoms with Gasteiger partial charge < -0.3 is 0 Å². The average Bonchev–Trinajstić information content (AvgIpc) is 3.66. The summed E-state index contributed by atoms with van der Waals surface area (Å²) in [6.07, 6.45) is 0.941. The number of aromatic nitrogens is 2. The molecule has 2 heteroatoms. The van der Waals surface area contributed by atoms with Crippen molar-refractivity contribution in [3.05, 3.63) is 237 Å². The van der Waals surface area contributed by atoms with Crippen molar-refractivity contribution in [2.75, 3.05) is 0 Å². The molecule has 2 aliphatic rings. The zero-order valence-corrected chi connectivity index (χ0v) is 40.3. The second-order valence-corrected chi connectivity index (χ2v) is 17.4. The van der Waals surface area contributed by atoms with Crippen molar-refractivity contribution in [2.45, 2.75) is 81.1 Å². The van der Waals surface area contributed by atoms with E-state index < -0.39 is 5.41 Å². The summed E-state index contributed by atoms with van der Waals surface area (Å²) in [6, 6.07) is 62.4. The van der Waals surface area contributed by atoms with Gasteiger partial charge in [0.15, 0.2) is 5.82 Å². The lowest BCUT2D eigenvalue weighted by molar-refractivity contribution is 0.722. The topological polar surface area (TPSA) is 25.8 Å². The first-order valence-corrected chi connectivity index (χ1v) is 23.9. The largest absolute Gasteiger partial charge is 0.228 e. The Labute approximate surface area is 393 Å². The summed E-state index contributed by atoms with van der Waals surface area (Å²) in [5.41, 5.74) is 28.1. The number of benzene rings is 8. The summed E-state index contributed by atoms with van der Waals surface area (Å²) < 4.78 is 0. The fourth-order valence-corrected chi connectivity index (χ4v) is 11.1. The Morgan fingerprint density at radius 1 is 0.348 bits per heavy atom. The molecule has 0 unspecified atom stereocenters. The van der Waals surface area contributed by atoms with E-state index in [4.69, 9.17) is 9.97 Å². The van der Waals surface area contributed by atoms with Gasteiger partial charge in [0, 0.05) is 16.7 Å². The lowest BCUT2D eigenvalue weighted by Gasteiger charge is -2.40. The number of hydrogen-bond acceptors (Lipinski definition) is 2. The molecule has 0 aliphatic heterocycles. The second-order valence-electron chi connectivity index (χ2n) is 17.4. The maximum Gasteiger partial charge on any atom is 0.160 e. The van der Waals surface area contributed by atoms with Crippen LogP contribution in [0.2, 0.25) is 0 Å². The first-order chi connectivity index (χ1) is 32.3. The van der Waals surface area contributed by atoms with Crippen LogP contribution in [0.4, 0.5) is 0 Å². The molecule has 0 saturated carbocycles. The fourth-order valence-electron chi connectivity index (χ4n) is 11.1. The molecule has 0 atom stereocenters. The van der Waals surface area contributed by atoms with E-state index in [1.165, 1.54) is 100 Å². The Balaban J connectivity index is 0.00000133. The number of nitrogens with zero attached hydrogens (tertiary/aromatic N) is 2. The van der Waals surface area contributed by atoms with Gasteiger partial charge in [0.25, 0.3) is 0 Å². The van der Waals surface area contributed by atoms with Gasteiger partial charge >= 0.3 is 0 Å². The number of fused-ring (bicyclic) bond motifs is 9. The van der Waals surface area contributed by atoms with Gasteiger partial charge in [-0.05, 0) is 154 Å². The van der Waals surface area contributed by atoms with Gasteiger partial charge in [-0.15, -0.1) is 0 Å². The van der Waals surface area contributed by atoms with Crippen LogP contribution in [0.25, 0.3) is 67.3 Å². The number of rotatable bonds is 5. The molecule has 66 heavy (non-hydrogen) atoms. The van der Waals surface area contributed by atoms with Gasteiger partial charge in [0.05, 0.1) is 16.8 Å². The van der Waals surface area contributed by atoms with Crippen molar-refractivity contribution in [3.8, 4) is 67.3 Å². The zero-order valence-electron chi connectivity index (χ0n) is 40.3. The standard InChI is InChI=1S/C60H48N2.2C2H6/c1-36-20-10-13-25-45(36)46-27-18-28-47(41(46)6)55-35-54(42-21-8-7-9-22-42)61-59(62-55)57-39(4)37(2)56(38(3)40(57)5)49-29-19-33-53-58(49)48-26-14-17-32-52(48)60(53)50-30-15-11-23-43(50)34-44-24-12-16-31-51(44)60;2*1-2/h7-33,35H,34H2,1-6H3;2*1-2H3. The first-order valence-electron chi connectivity index (χ1n) is 23.9. The van der Waals surface area contributed by atoms with Crippen molar-refractivity contribution in [1.29, 1.82) is 0 Å². The Morgan fingerprint density at radius 3 is 1.47 bits per heavy atom. The van der Waals surface area contributed by atoms with Crippen molar-refractivity contribution in [1.82, 2.24) is 9.97 Å². The normalized spacial score (nSPS) is 12.5. The molecule has 326 valence electrons. The Hall–Kier alpha value is -7.16. The molecular formula is C64H60N2. The summed E-state index contributed by atoms with van der Waals surface area (Å²) in [5, 5.41) is 0. The van der Waals surface area contributed by atoms with Gasteiger partial charge in [0.1, 0.15) is 0 Å². The maximum absolute atomic E-state index is 5.50. The van der Waals surface area contributed by atoms with E-state index in [1.54, 1.807) is 0 Å². The molecule has 1 heterocycles. The van der Waals surface area contributed by atoms with Gasteiger partial charge in [-0.3, -0.25) is 0 Å². The van der Waals surface area contributed by atoms with Crippen LogP contribution in [0.3, 0.4) is 0 Å². The summed E-state index contributed by atoms with van der Waals surface area (Å²) in [4.78, 5) is 10.9. The van der Waals surface area contributed by atoms with Crippen LogP contribution in [-0.2, 0) is 11.8 Å². The highest BCUT2D eigenvalue weighted by Gasteiger charge is 2.50. The highest BCUT2D eigenvalue weighted by Crippen LogP contribution is 2.61. The predicted molar refractivity (Wildman–Crippen MR) is 280 cm³/mol. The molecule has 11 rings (SSSR count). The van der Waals surface area contributed by atoms with Crippen LogP contribution in [0.5, 0.6) is 0 Å². The molecule has 9 aromatic rings. The van der Waals surface area contributed by atoms with E-state index in [9.17, 15) is 0 Å². The quantitative estimate of drug-likeness (QED) is 0.172. The zero-order chi connectivity index (χ0) is 46.3. The maximum atomic E-state index is 5.50. The second kappa shape index (κ2) is 18.0. The molecule has 0 amide bonds. The monoisotopic (exact) mass is 856 g/mol. The van der Waals surface area contributed by atoms with Gasteiger partial charge in [0.2, 0.25) is 0 Å². The van der Waals surface area contributed by atoms with E-state index in [2.05, 4.69) is 211 Å². The van der Waals surface area contributed by atoms with Crippen LogP contribution in [0.15, 0.2) is 170 Å². The third-order valence-electron chi connectivity index (χ3n) is 14.3. The molecule has 0 radical (unpaired) electrons. The van der Waals surface area contributed by atoms with Crippen LogP contribution >= 0.6 is 0 Å². The van der Waals surface area contributed by atoms with Crippen molar-refractivity contribution < 1.29 is 0 Å².